The van der Waals surface area contributed by atoms with Gasteiger partial charge >= 0.3 is 0 Å². The summed E-state index contributed by atoms with van der Waals surface area (Å²) in [6.07, 6.45) is 0. The fourth-order valence-corrected chi connectivity index (χ4v) is 5.14. The third kappa shape index (κ3) is 4.58. The molecule has 0 radical (unpaired) electrons. The van der Waals surface area contributed by atoms with Gasteiger partial charge in [-0.3, -0.25) is 14.9 Å². The predicted molar refractivity (Wildman–Crippen MR) is 142 cm³/mol. The summed E-state index contributed by atoms with van der Waals surface area (Å²) in [6.45, 7) is 9.75. The molecule has 9 heteroatoms. The molecule has 2 aromatic carbocycles. The van der Waals surface area contributed by atoms with Gasteiger partial charge in [-0.25, -0.2) is 4.98 Å². The van der Waals surface area contributed by atoms with Crippen LogP contribution in [0.1, 0.15) is 21.5 Å². The molecule has 36 heavy (non-hydrogen) atoms. The minimum absolute atomic E-state index is 0.00440. The maximum absolute atomic E-state index is 13.3. The lowest BCUT2D eigenvalue weighted by atomic mass is 10.1. The summed E-state index contributed by atoms with van der Waals surface area (Å²) < 4.78 is 0. The molecule has 3 heterocycles. The van der Waals surface area contributed by atoms with Crippen molar-refractivity contribution in [1.29, 1.82) is 0 Å². The lowest BCUT2D eigenvalue weighted by molar-refractivity contribution is -0.384. The van der Waals surface area contributed by atoms with Gasteiger partial charge in [-0.1, -0.05) is 18.2 Å². The minimum Gasteiger partial charge on any atom is -0.363 e. The van der Waals surface area contributed by atoms with Crippen molar-refractivity contribution in [3.05, 3.63) is 69.3 Å². The topological polar surface area (TPSA) is 86.1 Å². The number of fused-ring (bicyclic) bond motifs is 1. The number of carbonyl (C=O) groups is 1. The number of rotatable bonds is 4. The lowest BCUT2D eigenvalue weighted by Crippen LogP contribution is -2.49. The Hall–Kier alpha value is -3.72. The number of piperazine rings is 2. The largest absolute Gasteiger partial charge is 0.363 e. The molecule has 2 aliphatic rings. The van der Waals surface area contributed by atoms with E-state index in [0.29, 0.717) is 37.4 Å². The molecule has 3 aromatic rings. The number of benzene rings is 2. The molecule has 9 nitrogen and oxygen atoms in total. The van der Waals surface area contributed by atoms with Crippen LogP contribution in [0.2, 0.25) is 0 Å². The molecule has 0 spiro atoms. The number of nitro benzene ring substituents is 1. The first-order valence-corrected chi connectivity index (χ1v) is 12.4. The molecule has 2 saturated heterocycles. The van der Waals surface area contributed by atoms with Gasteiger partial charge in [-0.05, 0) is 50.2 Å². The number of para-hydroxylation sites is 1. The van der Waals surface area contributed by atoms with E-state index >= 15 is 0 Å². The van der Waals surface area contributed by atoms with Crippen LogP contribution in [0.3, 0.4) is 0 Å². The fourth-order valence-electron chi connectivity index (χ4n) is 5.14. The zero-order chi connectivity index (χ0) is 25.4. The van der Waals surface area contributed by atoms with E-state index in [1.54, 1.807) is 17.0 Å². The van der Waals surface area contributed by atoms with E-state index in [-0.39, 0.29) is 16.5 Å². The molecular weight excluding hydrogens is 456 g/mol. The molecule has 1 aromatic heterocycles. The number of amides is 1. The average Bonchev–Trinajstić information content (AvgIpc) is 2.89. The summed E-state index contributed by atoms with van der Waals surface area (Å²) >= 11 is 0. The van der Waals surface area contributed by atoms with E-state index in [2.05, 4.69) is 47.9 Å². The highest BCUT2D eigenvalue weighted by molar-refractivity contribution is 5.96. The number of aromatic nitrogens is 1. The lowest BCUT2D eigenvalue weighted by Gasteiger charge is -2.36. The van der Waals surface area contributed by atoms with Gasteiger partial charge in [0.25, 0.3) is 11.6 Å². The number of hydrogen-bond donors (Lipinski definition) is 0. The molecule has 188 valence electrons. The molecule has 0 unspecified atom stereocenters. The van der Waals surface area contributed by atoms with E-state index in [1.807, 2.05) is 11.9 Å². The van der Waals surface area contributed by atoms with Crippen molar-refractivity contribution in [3.8, 4) is 0 Å². The molecule has 0 N–H and O–H groups in total. The Morgan fingerprint density at radius 1 is 0.889 bits per heavy atom. The van der Waals surface area contributed by atoms with Crippen molar-refractivity contribution in [2.45, 2.75) is 13.8 Å². The second-order valence-corrected chi connectivity index (χ2v) is 9.80. The van der Waals surface area contributed by atoms with Crippen LogP contribution in [0.5, 0.6) is 0 Å². The van der Waals surface area contributed by atoms with Crippen LogP contribution in [0.25, 0.3) is 10.9 Å². The van der Waals surface area contributed by atoms with Crippen LogP contribution in [-0.4, -0.2) is 85.0 Å². The number of carbonyl (C=O) groups excluding carboxylic acids is 1. The number of nitro groups is 1. The first-order chi connectivity index (χ1) is 17.3. The highest BCUT2D eigenvalue weighted by Crippen LogP contribution is 2.31. The smallest absolute Gasteiger partial charge is 0.293 e. The van der Waals surface area contributed by atoms with Crippen LogP contribution in [0, 0.1) is 24.0 Å². The minimum atomic E-state index is -0.377. The van der Waals surface area contributed by atoms with E-state index in [1.165, 1.54) is 11.6 Å². The Bertz CT molecular complexity index is 1310. The Morgan fingerprint density at radius 2 is 1.58 bits per heavy atom. The molecule has 2 fully saturated rings. The molecule has 1 amide bonds. The molecular formula is C27H32N6O3. The number of hydrogen-bond acceptors (Lipinski definition) is 7. The van der Waals surface area contributed by atoms with Crippen molar-refractivity contribution < 1.29 is 9.72 Å². The van der Waals surface area contributed by atoms with Gasteiger partial charge in [-0.2, -0.15) is 0 Å². The maximum Gasteiger partial charge on any atom is 0.293 e. The van der Waals surface area contributed by atoms with Gasteiger partial charge in [0, 0.05) is 69.4 Å². The van der Waals surface area contributed by atoms with Gasteiger partial charge < -0.3 is 19.6 Å². The van der Waals surface area contributed by atoms with E-state index < -0.39 is 0 Å². The number of pyridine rings is 1. The van der Waals surface area contributed by atoms with Crippen molar-refractivity contribution in [2.24, 2.45) is 0 Å². The monoisotopic (exact) mass is 488 g/mol. The average molecular weight is 489 g/mol. The summed E-state index contributed by atoms with van der Waals surface area (Å²) in [5.41, 5.74) is 4.29. The Morgan fingerprint density at radius 3 is 2.28 bits per heavy atom. The highest BCUT2D eigenvalue weighted by Gasteiger charge is 2.28. The Balaban J connectivity index is 1.30. The van der Waals surface area contributed by atoms with Crippen LogP contribution in [0.4, 0.5) is 17.2 Å². The summed E-state index contributed by atoms with van der Waals surface area (Å²) in [4.78, 5) is 37.9. The van der Waals surface area contributed by atoms with E-state index in [9.17, 15) is 14.9 Å². The van der Waals surface area contributed by atoms with Crippen molar-refractivity contribution in [3.63, 3.8) is 0 Å². The SMILES string of the molecule is Cc1cc(N2CCN(C(=O)c3ccc(N4CCN(C)CC4)c([N+](=O)[O-])c3)CC2)nc2c(C)cccc12. The quantitative estimate of drug-likeness (QED) is 0.411. The van der Waals surface area contributed by atoms with Gasteiger partial charge in [0.2, 0.25) is 0 Å². The molecule has 0 aliphatic carbocycles. The molecule has 5 rings (SSSR count). The number of nitrogens with zero attached hydrogens (tertiary/aromatic N) is 6. The van der Waals surface area contributed by atoms with Crippen molar-refractivity contribution in [2.75, 3.05) is 69.2 Å². The fraction of sp³-hybridized carbons (Fsp3) is 0.407. The van der Waals surface area contributed by atoms with Crippen LogP contribution in [0.15, 0.2) is 42.5 Å². The van der Waals surface area contributed by atoms with Crippen molar-refractivity contribution >= 4 is 34.0 Å². The molecule has 0 bridgehead atoms. The van der Waals surface area contributed by atoms with Gasteiger partial charge in [0.1, 0.15) is 11.5 Å². The third-order valence-electron chi connectivity index (χ3n) is 7.39. The summed E-state index contributed by atoms with van der Waals surface area (Å²) in [6, 6.07) is 13.2. The van der Waals surface area contributed by atoms with Gasteiger partial charge in [0.15, 0.2) is 0 Å². The number of likely N-dealkylation sites (N-methyl/N-ethyl adjacent to an activating group) is 1. The second-order valence-electron chi connectivity index (χ2n) is 9.80. The molecule has 0 saturated carbocycles. The van der Waals surface area contributed by atoms with Crippen LogP contribution >= 0.6 is 0 Å². The van der Waals surface area contributed by atoms with Gasteiger partial charge in [-0.15, -0.1) is 0 Å². The molecule has 0 atom stereocenters. The summed E-state index contributed by atoms with van der Waals surface area (Å²) in [5.74, 6) is 0.759. The maximum atomic E-state index is 13.3. The molecule has 2 aliphatic heterocycles. The zero-order valence-electron chi connectivity index (χ0n) is 21.1. The number of aryl methyl sites for hydroxylation is 2. The van der Waals surface area contributed by atoms with Gasteiger partial charge in [0.05, 0.1) is 10.4 Å². The third-order valence-corrected chi connectivity index (χ3v) is 7.39. The van der Waals surface area contributed by atoms with Crippen LogP contribution in [-0.2, 0) is 0 Å². The zero-order valence-corrected chi connectivity index (χ0v) is 21.1. The van der Waals surface area contributed by atoms with Crippen LogP contribution < -0.4 is 9.80 Å². The Kier molecular flexibility index (Phi) is 6.49. The second kappa shape index (κ2) is 9.73. The Labute approximate surface area is 211 Å². The first-order valence-electron chi connectivity index (χ1n) is 12.4. The van der Waals surface area contributed by atoms with E-state index in [4.69, 9.17) is 4.98 Å². The number of anilines is 2. The normalized spacial score (nSPS) is 17.0. The standard InChI is InChI=1S/C27H32N6O3/c1-19-5-4-6-22-20(2)17-25(28-26(19)22)31-13-15-32(16-14-31)27(34)21-7-8-23(24(18-21)33(35)36)30-11-9-29(3)10-12-30/h4-8,17-18H,9-16H2,1-3H3. The van der Waals surface area contributed by atoms with E-state index in [0.717, 1.165) is 48.5 Å². The summed E-state index contributed by atoms with van der Waals surface area (Å²) in [5, 5.41) is 13.0. The van der Waals surface area contributed by atoms with Crippen molar-refractivity contribution in [1.82, 2.24) is 14.8 Å². The predicted octanol–water partition coefficient (Wildman–Crippen LogP) is 3.47. The summed E-state index contributed by atoms with van der Waals surface area (Å²) in [7, 11) is 2.05. The first kappa shape index (κ1) is 24.0. The highest BCUT2D eigenvalue weighted by atomic mass is 16.6.